The second kappa shape index (κ2) is 12.4. The van der Waals surface area contributed by atoms with Crippen LogP contribution < -0.4 is 37.2 Å². The fourth-order valence-electron chi connectivity index (χ4n) is 4.07. The van der Waals surface area contributed by atoms with Gasteiger partial charge in [0.25, 0.3) is 0 Å². The van der Waals surface area contributed by atoms with Crippen LogP contribution in [-0.2, 0) is 17.1 Å². The molecule has 4 nitrogen and oxygen atoms in total. The third-order valence-corrected chi connectivity index (χ3v) is 5.65. The topological polar surface area (TPSA) is 57.4 Å². The third-order valence-electron chi connectivity index (χ3n) is 5.65. The Kier molecular flexibility index (Phi) is 10.2. The molecule has 2 aliphatic rings. The quantitative estimate of drug-likeness (QED) is 0.0952. The van der Waals surface area contributed by atoms with Crippen molar-refractivity contribution in [1.29, 1.82) is 0 Å². The summed E-state index contributed by atoms with van der Waals surface area (Å²) in [4.78, 5) is 15.2. The summed E-state index contributed by atoms with van der Waals surface area (Å²) >= 11 is 0. The molecule has 5 heterocycles. The average molecular weight is 639 g/mol. The Labute approximate surface area is 247 Å². The van der Waals surface area contributed by atoms with Gasteiger partial charge >= 0.3 is 17.1 Å². The molecule has 1 aromatic carbocycles. The van der Waals surface area contributed by atoms with E-state index in [1.807, 2.05) is 24.3 Å². The van der Waals surface area contributed by atoms with E-state index in [2.05, 4.69) is 19.9 Å². The van der Waals surface area contributed by atoms with Crippen molar-refractivity contribution < 1.29 is 76.2 Å². The molecule has 0 unspecified atom stereocenters. The summed E-state index contributed by atoms with van der Waals surface area (Å²) in [6, 6.07) is 11.8. The predicted octanol–water partition coefficient (Wildman–Crippen LogP) is -1.97. The molecule has 3 aromatic heterocycles. The minimum atomic E-state index is -2.21. The SMILES string of the molecule is Fc1c(F)c(F)c(-c2cc3cc4nc(cc5ccc(cc6nc(cc2[nH]3)C=C6)[nH]5)C=C4)c(F)c1F.[Cl-].[Cl-].[Cl-].[Fe+3]. The Morgan fingerprint density at radius 2 is 0.897 bits per heavy atom. The van der Waals surface area contributed by atoms with E-state index in [1.54, 1.807) is 30.4 Å². The van der Waals surface area contributed by atoms with Crippen molar-refractivity contribution in [3.05, 3.63) is 94.3 Å². The number of nitrogens with one attached hydrogen (secondary N) is 2. The molecule has 2 N–H and O–H groups in total. The molecular weight excluding hydrogens is 626 g/mol. The second-order valence-electron chi connectivity index (χ2n) is 8.03. The Morgan fingerprint density at radius 3 is 1.38 bits per heavy atom. The van der Waals surface area contributed by atoms with E-state index in [9.17, 15) is 22.0 Å². The smallest absolute Gasteiger partial charge is 1.00 e. The summed E-state index contributed by atoms with van der Waals surface area (Å²) in [7, 11) is 0. The van der Waals surface area contributed by atoms with Gasteiger partial charge in [0.1, 0.15) is 0 Å². The van der Waals surface area contributed by atoms with Gasteiger partial charge < -0.3 is 47.2 Å². The molecule has 0 atom stereocenters. The normalized spacial score (nSPS) is 11.2. The van der Waals surface area contributed by atoms with Crippen LogP contribution in [0, 0.1) is 29.1 Å². The first kappa shape index (κ1) is 32.1. The zero-order chi connectivity index (χ0) is 24.3. The van der Waals surface area contributed by atoms with Gasteiger partial charge in [-0.2, -0.15) is 0 Å². The predicted molar refractivity (Wildman–Crippen MR) is 124 cm³/mol. The van der Waals surface area contributed by atoms with Gasteiger partial charge in [-0.3, -0.25) is 0 Å². The first-order chi connectivity index (χ1) is 16.9. The van der Waals surface area contributed by atoms with Gasteiger partial charge in [0, 0.05) is 27.6 Å². The standard InChI is InChI=1S/C26H13F5N4.3ClH.Fe/c27-22-21(23(28)25(30)26(31)24(22)29)19-10-18-9-16-4-3-14(33-16)7-12-1-2-13(32-12)8-15-5-6-17(34-15)11-20(19)35-18;;;;/h1-11,32,35H;3*1H;/q;;;;+3/p-3. The molecule has 0 aliphatic carbocycles. The maximum Gasteiger partial charge on any atom is 3.00 e. The number of rotatable bonds is 1. The number of hydrogen-bond acceptors (Lipinski definition) is 2. The van der Waals surface area contributed by atoms with Crippen LogP contribution in [0.3, 0.4) is 0 Å². The van der Waals surface area contributed by atoms with Gasteiger partial charge in [-0.1, -0.05) is 0 Å². The molecule has 0 amide bonds. The Bertz CT molecular complexity index is 1750. The number of H-pyrrole nitrogens is 2. The first-order valence-corrected chi connectivity index (χ1v) is 10.5. The van der Waals surface area contributed by atoms with Crippen molar-refractivity contribution in [3.8, 4) is 11.1 Å². The van der Waals surface area contributed by atoms with E-state index < -0.39 is 34.6 Å². The van der Waals surface area contributed by atoms with Crippen molar-refractivity contribution in [2.24, 2.45) is 0 Å². The van der Waals surface area contributed by atoms with Crippen molar-refractivity contribution >= 4 is 46.4 Å². The molecule has 0 fully saturated rings. The van der Waals surface area contributed by atoms with E-state index in [0.717, 1.165) is 11.0 Å². The molecule has 13 heteroatoms. The fourth-order valence-corrected chi connectivity index (χ4v) is 4.07. The minimum absolute atomic E-state index is 0. The van der Waals surface area contributed by atoms with Crippen molar-refractivity contribution in [3.63, 3.8) is 0 Å². The Morgan fingerprint density at radius 1 is 0.487 bits per heavy atom. The summed E-state index contributed by atoms with van der Waals surface area (Å²) in [6.45, 7) is 0. The molecule has 39 heavy (non-hydrogen) atoms. The molecule has 8 bridgehead atoms. The van der Waals surface area contributed by atoms with E-state index in [0.29, 0.717) is 28.3 Å². The van der Waals surface area contributed by atoms with Crippen LogP contribution in [-0.4, -0.2) is 19.9 Å². The number of fused-ring (bicyclic) bond motifs is 8. The molecule has 4 aromatic rings. The number of nitrogens with zero attached hydrogens (tertiary/aromatic N) is 2. The van der Waals surface area contributed by atoms with Crippen LogP contribution in [0.4, 0.5) is 22.0 Å². The largest absolute Gasteiger partial charge is 3.00 e. The molecule has 2 aliphatic heterocycles. The average Bonchev–Trinajstić information content (AvgIpc) is 3.62. The minimum Gasteiger partial charge on any atom is -1.00 e. The van der Waals surface area contributed by atoms with Crippen LogP contribution in [0.5, 0.6) is 0 Å². The summed E-state index contributed by atoms with van der Waals surface area (Å²) in [5.41, 5.74) is 3.13. The number of hydrogen-bond donors (Lipinski definition) is 2. The van der Waals surface area contributed by atoms with E-state index in [1.165, 1.54) is 12.1 Å². The molecule has 201 valence electrons. The Hall–Kier alpha value is -3.14. The van der Waals surface area contributed by atoms with Crippen molar-refractivity contribution in [1.82, 2.24) is 19.9 Å². The van der Waals surface area contributed by atoms with E-state index in [4.69, 9.17) is 0 Å². The van der Waals surface area contributed by atoms with Crippen LogP contribution in [0.15, 0.2) is 42.5 Å². The van der Waals surface area contributed by atoms with Gasteiger partial charge in [-0.25, -0.2) is 31.9 Å². The fraction of sp³-hybridized carbons (Fsp3) is 0. The number of benzene rings is 1. The summed E-state index contributed by atoms with van der Waals surface area (Å²) in [6.07, 6.45) is 6.95. The van der Waals surface area contributed by atoms with Crippen LogP contribution in [0.2, 0.25) is 0 Å². The summed E-state index contributed by atoms with van der Waals surface area (Å²) < 4.78 is 70.9. The first-order valence-electron chi connectivity index (χ1n) is 10.5. The number of halogens is 8. The van der Waals surface area contributed by atoms with Crippen LogP contribution >= 0.6 is 0 Å². The zero-order valence-electron chi connectivity index (χ0n) is 19.1. The van der Waals surface area contributed by atoms with Gasteiger partial charge in [0.15, 0.2) is 23.3 Å². The maximum atomic E-state index is 14.7. The van der Waals surface area contributed by atoms with Crippen molar-refractivity contribution in [2.45, 2.75) is 0 Å². The number of aromatic amines is 2. The molecule has 0 spiro atoms. The van der Waals surface area contributed by atoms with Gasteiger partial charge in [0.05, 0.1) is 28.3 Å². The summed E-state index contributed by atoms with van der Waals surface area (Å²) in [5.74, 6) is -10.1. The van der Waals surface area contributed by atoms with E-state index >= 15 is 0 Å². The third kappa shape index (κ3) is 5.90. The molecule has 1 radical (unpaired) electrons. The van der Waals surface area contributed by atoms with Crippen molar-refractivity contribution in [2.75, 3.05) is 0 Å². The zero-order valence-corrected chi connectivity index (χ0v) is 22.5. The van der Waals surface area contributed by atoms with Crippen LogP contribution in [0.1, 0.15) is 22.8 Å². The second-order valence-corrected chi connectivity index (χ2v) is 8.03. The molecule has 6 rings (SSSR count). The molecule has 0 saturated heterocycles. The van der Waals surface area contributed by atoms with Crippen LogP contribution in [0.25, 0.3) is 57.5 Å². The van der Waals surface area contributed by atoms with Gasteiger partial charge in [-0.05, 0) is 66.8 Å². The monoisotopic (exact) mass is 637 g/mol. The van der Waals surface area contributed by atoms with Gasteiger partial charge in [-0.15, -0.1) is 0 Å². The molecular formula is C26H13Cl3F5FeN4. The summed E-state index contributed by atoms with van der Waals surface area (Å²) in [5, 5.41) is 0. The van der Waals surface area contributed by atoms with Gasteiger partial charge in [0.2, 0.25) is 5.82 Å². The maximum absolute atomic E-state index is 14.7. The van der Waals surface area contributed by atoms with E-state index in [-0.39, 0.29) is 65.4 Å². The number of aromatic nitrogens is 4. The Balaban J connectivity index is 0.00000133. The molecule has 0 saturated carbocycles.